The van der Waals surface area contributed by atoms with Crippen molar-refractivity contribution >= 4 is 17.1 Å². The molecule has 0 atom stereocenters. The van der Waals surface area contributed by atoms with Gasteiger partial charge >= 0.3 is 0 Å². The Bertz CT molecular complexity index is 577. The van der Waals surface area contributed by atoms with Gasteiger partial charge in [0.05, 0.1) is 32.7 Å². The van der Waals surface area contributed by atoms with Gasteiger partial charge in [-0.05, 0) is 12.1 Å². The first-order valence-electron chi connectivity index (χ1n) is 6.10. The molecule has 0 aromatic heterocycles. The lowest BCUT2D eigenvalue weighted by Gasteiger charge is -2.13. The van der Waals surface area contributed by atoms with Gasteiger partial charge in [0.1, 0.15) is 17.2 Å². The van der Waals surface area contributed by atoms with E-state index >= 15 is 0 Å². The predicted molar refractivity (Wildman–Crippen MR) is 80.2 cm³/mol. The first kappa shape index (κ1) is 13.9. The number of nitrogens with one attached hydrogen (secondary N) is 1. The number of benzene rings is 2. The van der Waals surface area contributed by atoms with Gasteiger partial charge in [-0.25, -0.2) is 0 Å². The summed E-state index contributed by atoms with van der Waals surface area (Å²) in [6.07, 6.45) is 0. The van der Waals surface area contributed by atoms with Gasteiger partial charge in [0.2, 0.25) is 0 Å². The fraction of sp³-hybridized carbons (Fsp3) is 0.200. The molecule has 0 aliphatic heterocycles. The summed E-state index contributed by atoms with van der Waals surface area (Å²) in [5, 5.41) is 3.23. The Balaban J connectivity index is 2.29. The maximum absolute atomic E-state index is 5.98. The van der Waals surface area contributed by atoms with E-state index in [1.165, 1.54) is 0 Å². The lowest BCUT2D eigenvalue weighted by Crippen LogP contribution is -1.98. The predicted octanol–water partition coefficient (Wildman–Crippen LogP) is 3.04. The van der Waals surface area contributed by atoms with Crippen LogP contribution in [0.25, 0.3) is 0 Å². The van der Waals surface area contributed by atoms with Crippen LogP contribution in [0.5, 0.6) is 17.2 Å². The standard InChI is InChI=1S/C15H18N2O3/c1-18-11-4-5-15(14(16)9-11)17-10-6-12(19-2)8-13(7-10)20-3/h4-9,17H,16H2,1-3H3. The molecule has 5 nitrogen and oxygen atoms in total. The van der Waals surface area contributed by atoms with Crippen LogP contribution in [-0.2, 0) is 0 Å². The summed E-state index contributed by atoms with van der Waals surface area (Å²) >= 11 is 0. The van der Waals surface area contributed by atoms with Gasteiger partial charge in [0, 0.05) is 30.0 Å². The third kappa shape index (κ3) is 3.06. The van der Waals surface area contributed by atoms with E-state index in [4.69, 9.17) is 19.9 Å². The van der Waals surface area contributed by atoms with Crippen molar-refractivity contribution in [2.24, 2.45) is 0 Å². The zero-order valence-electron chi connectivity index (χ0n) is 11.8. The number of nitrogen functional groups attached to an aromatic ring is 1. The van der Waals surface area contributed by atoms with Gasteiger partial charge in [-0.1, -0.05) is 0 Å². The third-order valence-corrected chi connectivity index (χ3v) is 2.89. The number of hydrogen-bond acceptors (Lipinski definition) is 5. The minimum atomic E-state index is 0.603. The van der Waals surface area contributed by atoms with Crippen LogP contribution in [0.3, 0.4) is 0 Å². The highest BCUT2D eigenvalue weighted by Gasteiger charge is 2.05. The molecule has 2 rings (SSSR count). The summed E-state index contributed by atoms with van der Waals surface area (Å²) < 4.78 is 15.6. The van der Waals surface area contributed by atoms with E-state index in [2.05, 4.69) is 5.32 Å². The molecule has 2 aromatic rings. The molecule has 0 unspecified atom stereocenters. The van der Waals surface area contributed by atoms with E-state index < -0.39 is 0 Å². The highest BCUT2D eigenvalue weighted by Crippen LogP contribution is 2.31. The number of ether oxygens (including phenoxy) is 3. The minimum absolute atomic E-state index is 0.603. The largest absolute Gasteiger partial charge is 0.497 e. The second-order valence-corrected chi connectivity index (χ2v) is 4.18. The normalized spacial score (nSPS) is 9.95. The van der Waals surface area contributed by atoms with Gasteiger partial charge in [-0.15, -0.1) is 0 Å². The van der Waals surface area contributed by atoms with E-state index in [1.807, 2.05) is 30.3 Å². The molecular weight excluding hydrogens is 256 g/mol. The highest BCUT2D eigenvalue weighted by atomic mass is 16.5. The number of nitrogens with two attached hydrogens (primary N) is 1. The molecule has 0 saturated heterocycles. The molecule has 3 N–H and O–H groups in total. The fourth-order valence-electron chi connectivity index (χ4n) is 1.82. The maximum atomic E-state index is 5.98. The summed E-state index contributed by atoms with van der Waals surface area (Å²) in [6, 6.07) is 11.0. The molecule has 2 aromatic carbocycles. The Hall–Kier alpha value is -2.56. The van der Waals surface area contributed by atoms with Crippen molar-refractivity contribution in [1.29, 1.82) is 0 Å². The van der Waals surface area contributed by atoms with Crippen molar-refractivity contribution in [1.82, 2.24) is 0 Å². The number of hydrogen-bond donors (Lipinski definition) is 2. The average Bonchev–Trinajstić information content (AvgIpc) is 2.48. The van der Waals surface area contributed by atoms with E-state index in [0.717, 1.165) is 17.1 Å². The van der Waals surface area contributed by atoms with Crippen LogP contribution >= 0.6 is 0 Å². The molecule has 0 aliphatic carbocycles. The van der Waals surface area contributed by atoms with Crippen molar-refractivity contribution < 1.29 is 14.2 Å². The number of rotatable bonds is 5. The van der Waals surface area contributed by atoms with Crippen molar-refractivity contribution in [2.75, 3.05) is 32.4 Å². The average molecular weight is 274 g/mol. The number of anilines is 3. The Morgan fingerprint density at radius 3 is 1.90 bits per heavy atom. The Morgan fingerprint density at radius 2 is 1.40 bits per heavy atom. The van der Waals surface area contributed by atoms with Crippen LogP contribution in [0.15, 0.2) is 36.4 Å². The summed E-state index contributed by atoms with van der Waals surface area (Å²) in [5.74, 6) is 2.13. The second-order valence-electron chi connectivity index (χ2n) is 4.18. The van der Waals surface area contributed by atoms with Crippen LogP contribution in [-0.4, -0.2) is 21.3 Å². The quantitative estimate of drug-likeness (QED) is 0.820. The van der Waals surface area contributed by atoms with Crippen molar-refractivity contribution in [3.63, 3.8) is 0 Å². The fourth-order valence-corrected chi connectivity index (χ4v) is 1.82. The second kappa shape index (κ2) is 6.06. The molecule has 0 heterocycles. The molecule has 0 radical (unpaired) electrons. The SMILES string of the molecule is COc1cc(Nc2ccc(OC)cc2N)cc(OC)c1. The molecule has 0 spiro atoms. The van der Waals surface area contributed by atoms with Gasteiger partial charge in [0.25, 0.3) is 0 Å². The molecule has 0 amide bonds. The maximum Gasteiger partial charge on any atom is 0.124 e. The van der Waals surface area contributed by atoms with E-state index in [1.54, 1.807) is 27.4 Å². The van der Waals surface area contributed by atoms with Crippen LogP contribution in [0.2, 0.25) is 0 Å². The van der Waals surface area contributed by atoms with Crippen LogP contribution in [0, 0.1) is 0 Å². The van der Waals surface area contributed by atoms with Gasteiger partial charge < -0.3 is 25.3 Å². The first-order chi connectivity index (χ1) is 9.66. The lowest BCUT2D eigenvalue weighted by atomic mass is 10.2. The zero-order valence-corrected chi connectivity index (χ0v) is 11.8. The van der Waals surface area contributed by atoms with Crippen LogP contribution in [0.1, 0.15) is 0 Å². The van der Waals surface area contributed by atoms with Crippen molar-refractivity contribution in [3.05, 3.63) is 36.4 Å². The van der Waals surface area contributed by atoms with Gasteiger partial charge in [0.15, 0.2) is 0 Å². The molecule has 20 heavy (non-hydrogen) atoms. The Labute approximate surface area is 118 Å². The smallest absolute Gasteiger partial charge is 0.124 e. The van der Waals surface area contributed by atoms with Crippen molar-refractivity contribution in [2.45, 2.75) is 0 Å². The Kier molecular flexibility index (Phi) is 4.20. The first-order valence-corrected chi connectivity index (χ1v) is 6.10. The van der Waals surface area contributed by atoms with E-state index in [9.17, 15) is 0 Å². The summed E-state index contributed by atoms with van der Waals surface area (Å²) in [5.41, 5.74) is 8.21. The topological polar surface area (TPSA) is 65.7 Å². The molecule has 0 aliphatic rings. The summed E-state index contributed by atoms with van der Waals surface area (Å²) in [6.45, 7) is 0. The van der Waals surface area contributed by atoms with E-state index in [-0.39, 0.29) is 0 Å². The molecule has 106 valence electrons. The zero-order chi connectivity index (χ0) is 14.5. The lowest BCUT2D eigenvalue weighted by molar-refractivity contribution is 0.395. The van der Waals surface area contributed by atoms with E-state index in [0.29, 0.717) is 17.2 Å². The molecule has 0 fully saturated rings. The highest BCUT2D eigenvalue weighted by molar-refractivity contribution is 5.74. The Morgan fingerprint density at radius 1 is 0.800 bits per heavy atom. The molecule has 0 bridgehead atoms. The third-order valence-electron chi connectivity index (χ3n) is 2.89. The van der Waals surface area contributed by atoms with Gasteiger partial charge in [-0.3, -0.25) is 0 Å². The number of methoxy groups -OCH3 is 3. The molecular formula is C15H18N2O3. The molecule has 5 heteroatoms. The minimum Gasteiger partial charge on any atom is -0.497 e. The van der Waals surface area contributed by atoms with Crippen LogP contribution < -0.4 is 25.3 Å². The summed E-state index contributed by atoms with van der Waals surface area (Å²) in [7, 11) is 4.83. The van der Waals surface area contributed by atoms with Crippen molar-refractivity contribution in [3.8, 4) is 17.2 Å². The summed E-state index contributed by atoms with van der Waals surface area (Å²) in [4.78, 5) is 0. The monoisotopic (exact) mass is 274 g/mol. The van der Waals surface area contributed by atoms with Gasteiger partial charge in [-0.2, -0.15) is 0 Å². The van der Waals surface area contributed by atoms with Crippen LogP contribution in [0.4, 0.5) is 17.1 Å². The molecule has 0 saturated carbocycles.